The summed E-state index contributed by atoms with van der Waals surface area (Å²) in [5, 5.41) is 6.97. The van der Waals surface area contributed by atoms with Crippen molar-refractivity contribution in [3.63, 3.8) is 0 Å². The molecule has 0 aliphatic rings. The number of rotatable bonds is 7. The molecular weight excluding hydrogens is 284 g/mol. The van der Waals surface area contributed by atoms with E-state index in [-0.39, 0.29) is 5.91 Å². The Morgan fingerprint density at radius 2 is 2.05 bits per heavy atom. The van der Waals surface area contributed by atoms with Gasteiger partial charge < -0.3 is 9.47 Å². The molecule has 0 aliphatic carbocycles. The number of amides is 1. The minimum Gasteiger partial charge on any atom is -0.491 e. The number of ether oxygens (including phenoxy) is 2. The highest BCUT2D eigenvalue weighted by Crippen LogP contribution is 2.25. The number of aryl methyl sites for hydroxylation is 1. The van der Waals surface area contributed by atoms with Gasteiger partial charge in [-0.15, -0.1) is 0 Å². The van der Waals surface area contributed by atoms with Crippen LogP contribution in [0.25, 0.3) is 11.3 Å². The maximum Gasteiger partial charge on any atom is 0.269 e. The van der Waals surface area contributed by atoms with Crippen molar-refractivity contribution in [2.24, 2.45) is 5.84 Å². The molecule has 7 nitrogen and oxygen atoms in total. The molecule has 4 N–H and O–H groups in total. The van der Waals surface area contributed by atoms with Gasteiger partial charge >= 0.3 is 0 Å². The minimum absolute atomic E-state index is 0.377. The van der Waals surface area contributed by atoms with Gasteiger partial charge in [-0.1, -0.05) is 0 Å². The lowest BCUT2D eigenvalue weighted by molar-refractivity contribution is 0.0953. The van der Waals surface area contributed by atoms with Crippen LogP contribution < -0.4 is 16.0 Å². The molecule has 0 fully saturated rings. The maximum atomic E-state index is 11.8. The van der Waals surface area contributed by atoms with Gasteiger partial charge in [0.1, 0.15) is 18.1 Å². The quantitative estimate of drug-likeness (QED) is 0.310. The highest BCUT2D eigenvalue weighted by atomic mass is 16.5. The molecule has 1 aromatic carbocycles. The molecule has 7 heteroatoms. The van der Waals surface area contributed by atoms with Crippen LogP contribution in [0.2, 0.25) is 0 Å². The van der Waals surface area contributed by atoms with Crippen molar-refractivity contribution in [2.45, 2.75) is 13.8 Å². The highest BCUT2D eigenvalue weighted by molar-refractivity contribution is 6.00. The fourth-order valence-corrected chi connectivity index (χ4v) is 2.06. The number of aromatic amines is 1. The van der Waals surface area contributed by atoms with Crippen LogP contribution in [0, 0.1) is 6.92 Å². The zero-order valence-corrected chi connectivity index (χ0v) is 12.7. The van der Waals surface area contributed by atoms with Crippen LogP contribution in [0.3, 0.4) is 0 Å². The van der Waals surface area contributed by atoms with E-state index in [0.29, 0.717) is 36.8 Å². The van der Waals surface area contributed by atoms with E-state index in [1.807, 2.05) is 31.2 Å². The third kappa shape index (κ3) is 3.63. The van der Waals surface area contributed by atoms with E-state index in [0.717, 1.165) is 11.3 Å². The van der Waals surface area contributed by atoms with Crippen molar-refractivity contribution in [1.29, 1.82) is 0 Å². The van der Waals surface area contributed by atoms with Gasteiger partial charge in [-0.05, 0) is 38.1 Å². The molecular formula is C15H20N4O3. The van der Waals surface area contributed by atoms with E-state index in [4.69, 9.17) is 15.3 Å². The number of nitrogens with one attached hydrogen (secondary N) is 2. The van der Waals surface area contributed by atoms with Gasteiger partial charge in [0.15, 0.2) is 0 Å². The number of hydrazine groups is 1. The van der Waals surface area contributed by atoms with E-state index in [1.54, 1.807) is 6.92 Å². The monoisotopic (exact) mass is 304 g/mol. The van der Waals surface area contributed by atoms with Gasteiger partial charge in [0.2, 0.25) is 0 Å². The average Bonchev–Trinajstić information content (AvgIpc) is 2.93. The van der Waals surface area contributed by atoms with Crippen molar-refractivity contribution in [3.8, 4) is 17.0 Å². The van der Waals surface area contributed by atoms with Crippen LogP contribution in [0.5, 0.6) is 5.75 Å². The number of nitrogens with zero attached hydrogens (tertiary/aromatic N) is 1. The molecule has 1 amide bonds. The molecule has 0 bridgehead atoms. The molecule has 2 aromatic rings. The summed E-state index contributed by atoms with van der Waals surface area (Å²) in [4.78, 5) is 11.8. The third-order valence-electron chi connectivity index (χ3n) is 3.13. The summed E-state index contributed by atoms with van der Waals surface area (Å²) in [6.45, 7) is 5.43. The Hall–Kier alpha value is -2.38. The van der Waals surface area contributed by atoms with E-state index in [2.05, 4.69) is 15.6 Å². The summed E-state index contributed by atoms with van der Waals surface area (Å²) < 4.78 is 10.8. The molecule has 1 aromatic heterocycles. The molecule has 0 saturated carbocycles. The van der Waals surface area contributed by atoms with Crippen LogP contribution >= 0.6 is 0 Å². The number of carbonyl (C=O) groups excluding carboxylic acids is 1. The molecule has 0 saturated heterocycles. The predicted octanol–water partition coefficient (Wildman–Crippen LogP) is 1.40. The van der Waals surface area contributed by atoms with Gasteiger partial charge in [-0.2, -0.15) is 5.10 Å². The normalized spacial score (nSPS) is 10.5. The van der Waals surface area contributed by atoms with Crippen molar-refractivity contribution < 1.29 is 14.3 Å². The van der Waals surface area contributed by atoms with Crippen LogP contribution in [-0.2, 0) is 4.74 Å². The summed E-state index contributed by atoms with van der Waals surface area (Å²) >= 11 is 0. The number of aromatic nitrogens is 2. The number of carbonyl (C=O) groups is 1. The van der Waals surface area contributed by atoms with E-state index < -0.39 is 0 Å². The van der Waals surface area contributed by atoms with Gasteiger partial charge in [0.25, 0.3) is 5.91 Å². The molecule has 1 heterocycles. The summed E-state index contributed by atoms with van der Waals surface area (Å²) in [6.07, 6.45) is 0. The number of nitrogen functional groups attached to an aromatic ring is 1. The zero-order chi connectivity index (χ0) is 15.9. The van der Waals surface area contributed by atoms with Gasteiger partial charge in [0.05, 0.1) is 12.2 Å². The predicted molar refractivity (Wildman–Crippen MR) is 82.4 cm³/mol. The lowest BCUT2D eigenvalue weighted by Gasteiger charge is -2.07. The number of hydrogen-bond donors (Lipinski definition) is 3. The first-order chi connectivity index (χ1) is 10.7. The lowest BCUT2D eigenvalue weighted by Crippen LogP contribution is -2.30. The van der Waals surface area contributed by atoms with E-state index >= 15 is 0 Å². The lowest BCUT2D eigenvalue weighted by atomic mass is 10.1. The molecule has 2 rings (SSSR count). The third-order valence-corrected chi connectivity index (χ3v) is 3.13. The Balaban J connectivity index is 2.12. The maximum absolute atomic E-state index is 11.8. The highest BCUT2D eigenvalue weighted by Gasteiger charge is 2.18. The average molecular weight is 304 g/mol. The Kier molecular flexibility index (Phi) is 5.51. The van der Waals surface area contributed by atoms with E-state index in [1.165, 1.54) is 0 Å². The second-order valence-electron chi connectivity index (χ2n) is 4.62. The minimum atomic E-state index is -0.377. The largest absolute Gasteiger partial charge is 0.491 e. The fraction of sp³-hybridized carbons (Fsp3) is 0.333. The number of benzene rings is 1. The van der Waals surface area contributed by atoms with Crippen molar-refractivity contribution in [1.82, 2.24) is 15.6 Å². The van der Waals surface area contributed by atoms with Crippen molar-refractivity contribution in [3.05, 3.63) is 35.5 Å². The Morgan fingerprint density at radius 3 is 2.68 bits per heavy atom. The number of hydrogen-bond acceptors (Lipinski definition) is 5. The first kappa shape index (κ1) is 16.0. The Morgan fingerprint density at radius 1 is 1.32 bits per heavy atom. The second kappa shape index (κ2) is 7.58. The Bertz CT molecular complexity index is 622. The molecule has 0 atom stereocenters. The second-order valence-corrected chi connectivity index (χ2v) is 4.62. The molecule has 0 spiro atoms. The van der Waals surface area contributed by atoms with Gasteiger partial charge in [-0.25, -0.2) is 5.84 Å². The Labute approximate surface area is 128 Å². The molecule has 0 aliphatic heterocycles. The molecule has 0 radical (unpaired) electrons. The van der Waals surface area contributed by atoms with Crippen LogP contribution in [0.15, 0.2) is 24.3 Å². The SMILES string of the molecule is CCOCCOc1ccc(-c2n[nH]c(C)c2C(=O)NN)cc1. The first-order valence-electron chi connectivity index (χ1n) is 7.04. The van der Waals surface area contributed by atoms with Gasteiger partial charge in [0, 0.05) is 17.9 Å². The summed E-state index contributed by atoms with van der Waals surface area (Å²) in [5.74, 6) is 5.57. The molecule has 0 unspecified atom stereocenters. The summed E-state index contributed by atoms with van der Waals surface area (Å²) in [6, 6.07) is 7.35. The zero-order valence-electron chi connectivity index (χ0n) is 12.7. The smallest absolute Gasteiger partial charge is 0.269 e. The van der Waals surface area contributed by atoms with Crippen LogP contribution in [0.1, 0.15) is 23.0 Å². The summed E-state index contributed by atoms with van der Waals surface area (Å²) in [5.41, 5.74) is 4.59. The van der Waals surface area contributed by atoms with E-state index in [9.17, 15) is 4.79 Å². The number of nitrogens with two attached hydrogens (primary N) is 1. The summed E-state index contributed by atoms with van der Waals surface area (Å²) in [7, 11) is 0. The van der Waals surface area contributed by atoms with Gasteiger partial charge in [-0.3, -0.25) is 15.3 Å². The molecule has 118 valence electrons. The van der Waals surface area contributed by atoms with Crippen LogP contribution in [0.4, 0.5) is 0 Å². The van der Waals surface area contributed by atoms with Crippen molar-refractivity contribution >= 4 is 5.91 Å². The first-order valence-corrected chi connectivity index (χ1v) is 7.04. The molecule has 22 heavy (non-hydrogen) atoms. The standard InChI is InChI=1S/C15H20N4O3/c1-3-21-8-9-22-12-6-4-11(5-7-12)14-13(15(20)17-16)10(2)18-19-14/h4-7H,3,8-9,16H2,1-2H3,(H,17,20)(H,18,19). The topological polar surface area (TPSA) is 102 Å². The fourth-order valence-electron chi connectivity index (χ4n) is 2.06. The van der Waals surface area contributed by atoms with Crippen molar-refractivity contribution in [2.75, 3.05) is 19.8 Å². The van der Waals surface area contributed by atoms with Crippen LogP contribution in [-0.4, -0.2) is 35.9 Å². The number of H-pyrrole nitrogens is 1.